The molecule has 1 atom stereocenters. The van der Waals surface area contributed by atoms with E-state index in [0.29, 0.717) is 5.92 Å². The van der Waals surface area contributed by atoms with Gasteiger partial charge < -0.3 is 4.90 Å². The minimum atomic E-state index is -0.0705. The highest BCUT2D eigenvalue weighted by Crippen LogP contribution is 2.31. The Morgan fingerprint density at radius 3 is 2.42 bits per heavy atom. The van der Waals surface area contributed by atoms with Gasteiger partial charge in [-0.15, -0.1) is 22.7 Å². The molecule has 0 fully saturated rings. The summed E-state index contributed by atoms with van der Waals surface area (Å²) in [5.41, 5.74) is 1.80. The van der Waals surface area contributed by atoms with Crippen LogP contribution in [0.5, 0.6) is 0 Å². The molecule has 0 saturated heterocycles. The summed E-state index contributed by atoms with van der Waals surface area (Å²) in [7, 11) is 1.84. The Labute approximate surface area is 150 Å². The van der Waals surface area contributed by atoms with Gasteiger partial charge in [-0.05, 0) is 26.0 Å². The minimum Gasteiger partial charge on any atom is -0.332 e. The zero-order chi connectivity index (χ0) is 17.4. The maximum Gasteiger partial charge on any atom is 0.266 e. The van der Waals surface area contributed by atoms with Crippen molar-refractivity contribution in [3.8, 4) is 0 Å². The van der Waals surface area contributed by atoms with Gasteiger partial charge in [-0.3, -0.25) is 4.79 Å². The SMILES string of the molecule is Cc1nc(C(C)C)sc1C(=O)N(C)C(C)c1nc2ccccc2s1. The first kappa shape index (κ1) is 17.0. The fourth-order valence-corrected chi connectivity index (χ4v) is 4.55. The number of nitrogens with zero attached hydrogens (tertiary/aromatic N) is 3. The lowest BCUT2D eigenvalue weighted by Gasteiger charge is -2.22. The van der Waals surface area contributed by atoms with Crippen LogP contribution in [-0.4, -0.2) is 27.8 Å². The Hall–Kier alpha value is -1.79. The van der Waals surface area contributed by atoms with Crippen LogP contribution >= 0.6 is 22.7 Å². The molecule has 1 aromatic carbocycles. The second-order valence-corrected chi connectivity index (χ2v) is 8.33. The monoisotopic (exact) mass is 359 g/mol. The predicted octanol–water partition coefficient (Wildman–Crippen LogP) is 5.02. The van der Waals surface area contributed by atoms with E-state index >= 15 is 0 Å². The second kappa shape index (κ2) is 6.61. The van der Waals surface area contributed by atoms with E-state index in [0.717, 1.165) is 30.8 Å². The van der Waals surface area contributed by atoms with Crippen LogP contribution in [0.25, 0.3) is 10.2 Å². The summed E-state index contributed by atoms with van der Waals surface area (Å²) in [5, 5.41) is 1.97. The van der Waals surface area contributed by atoms with E-state index in [-0.39, 0.29) is 11.9 Å². The summed E-state index contributed by atoms with van der Waals surface area (Å²) in [4.78, 5) is 24.6. The highest BCUT2D eigenvalue weighted by molar-refractivity contribution is 7.18. The standard InChI is InChI=1S/C18H21N3OS2/c1-10(2)16-19-11(3)15(24-16)18(22)21(5)12(4)17-20-13-8-6-7-9-14(13)23-17/h6-10,12H,1-5H3. The summed E-state index contributed by atoms with van der Waals surface area (Å²) in [5.74, 6) is 0.353. The second-order valence-electron chi connectivity index (χ2n) is 6.23. The quantitative estimate of drug-likeness (QED) is 0.657. The first-order valence-corrected chi connectivity index (χ1v) is 9.61. The Bertz CT molecular complexity index is 848. The molecule has 2 heterocycles. The highest BCUT2D eigenvalue weighted by atomic mass is 32.1. The van der Waals surface area contributed by atoms with E-state index in [9.17, 15) is 4.79 Å². The van der Waals surface area contributed by atoms with Crippen LogP contribution < -0.4 is 0 Å². The minimum absolute atomic E-state index is 0.0173. The van der Waals surface area contributed by atoms with Gasteiger partial charge in [-0.1, -0.05) is 26.0 Å². The molecule has 0 N–H and O–H groups in total. The Kier molecular flexibility index (Phi) is 4.69. The number of hydrogen-bond donors (Lipinski definition) is 0. The van der Waals surface area contributed by atoms with Crippen molar-refractivity contribution in [3.05, 3.63) is 44.9 Å². The third-order valence-electron chi connectivity index (χ3n) is 4.07. The Balaban J connectivity index is 1.87. The summed E-state index contributed by atoms with van der Waals surface area (Å²) in [6, 6.07) is 8.00. The van der Waals surface area contributed by atoms with Crippen molar-refractivity contribution in [1.82, 2.24) is 14.9 Å². The van der Waals surface area contributed by atoms with Crippen molar-refractivity contribution in [1.29, 1.82) is 0 Å². The van der Waals surface area contributed by atoms with Gasteiger partial charge >= 0.3 is 0 Å². The topological polar surface area (TPSA) is 46.1 Å². The van der Waals surface area contributed by atoms with Crippen molar-refractivity contribution in [2.45, 2.75) is 39.7 Å². The first-order valence-electron chi connectivity index (χ1n) is 7.98. The smallest absolute Gasteiger partial charge is 0.266 e. The molecule has 0 bridgehead atoms. The van der Waals surface area contributed by atoms with Gasteiger partial charge in [-0.25, -0.2) is 9.97 Å². The fourth-order valence-electron chi connectivity index (χ4n) is 2.43. The number of thiazole rings is 2. The third-order valence-corrected chi connectivity index (χ3v) is 6.72. The van der Waals surface area contributed by atoms with Gasteiger partial charge in [0.2, 0.25) is 0 Å². The molecule has 4 nitrogen and oxygen atoms in total. The van der Waals surface area contributed by atoms with Gasteiger partial charge in [0, 0.05) is 13.0 Å². The molecule has 24 heavy (non-hydrogen) atoms. The van der Waals surface area contributed by atoms with Crippen LogP contribution in [0.2, 0.25) is 0 Å². The van der Waals surface area contributed by atoms with Gasteiger partial charge in [0.1, 0.15) is 9.88 Å². The number of aryl methyl sites for hydroxylation is 1. The molecule has 2 aromatic heterocycles. The van der Waals surface area contributed by atoms with E-state index in [1.807, 2.05) is 39.1 Å². The number of carbonyl (C=O) groups is 1. The van der Waals surface area contributed by atoms with Crippen molar-refractivity contribution in [2.75, 3.05) is 7.05 Å². The number of fused-ring (bicyclic) bond motifs is 1. The lowest BCUT2D eigenvalue weighted by atomic mass is 10.2. The molecule has 6 heteroatoms. The van der Waals surface area contributed by atoms with Crippen LogP contribution in [-0.2, 0) is 0 Å². The van der Waals surface area contributed by atoms with Gasteiger partial charge in [0.15, 0.2) is 0 Å². The highest BCUT2D eigenvalue weighted by Gasteiger charge is 2.25. The Morgan fingerprint density at radius 2 is 1.79 bits per heavy atom. The predicted molar refractivity (Wildman–Crippen MR) is 101 cm³/mol. The van der Waals surface area contributed by atoms with Crippen molar-refractivity contribution in [2.24, 2.45) is 0 Å². The number of benzene rings is 1. The number of para-hydroxylation sites is 1. The van der Waals surface area contributed by atoms with E-state index in [1.165, 1.54) is 11.3 Å². The molecule has 0 aliphatic rings. The van der Waals surface area contributed by atoms with Gasteiger partial charge in [-0.2, -0.15) is 0 Å². The first-order chi connectivity index (χ1) is 11.4. The number of rotatable bonds is 4. The lowest BCUT2D eigenvalue weighted by molar-refractivity contribution is 0.0746. The largest absolute Gasteiger partial charge is 0.332 e. The maximum absolute atomic E-state index is 12.9. The summed E-state index contributed by atoms with van der Waals surface area (Å²) >= 11 is 3.15. The van der Waals surface area contributed by atoms with Crippen LogP contribution in [0, 0.1) is 6.92 Å². The molecule has 3 rings (SSSR count). The number of carbonyl (C=O) groups excluding carboxylic acids is 1. The molecule has 0 aliphatic heterocycles. The molecule has 1 unspecified atom stereocenters. The van der Waals surface area contributed by atoms with Crippen molar-refractivity contribution in [3.63, 3.8) is 0 Å². The van der Waals surface area contributed by atoms with E-state index in [1.54, 1.807) is 16.2 Å². The maximum atomic E-state index is 12.9. The number of hydrogen-bond acceptors (Lipinski definition) is 5. The fraction of sp³-hybridized carbons (Fsp3) is 0.389. The molecule has 0 saturated carbocycles. The molecular weight excluding hydrogens is 338 g/mol. The van der Waals surface area contributed by atoms with Crippen LogP contribution in [0.3, 0.4) is 0 Å². The number of aromatic nitrogens is 2. The average Bonchev–Trinajstić information content (AvgIpc) is 3.16. The van der Waals surface area contributed by atoms with E-state index in [4.69, 9.17) is 0 Å². The van der Waals surface area contributed by atoms with Crippen LogP contribution in [0.15, 0.2) is 24.3 Å². The van der Waals surface area contributed by atoms with Crippen molar-refractivity contribution >= 4 is 38.8 Å². The zero-order valence-corrected chi connectivity index (χ0v) is 16.2. The normalized spacial score (nSPS) is 12.8. The zero-order valence-electron chi connectivity index (χ0n) is 14.5. The molecule has 0 aliphatic carbocycles. The summed E-state index contributed by atoms with van der Waals surface area (Å²) in [6.07, 6.45) is 0. The van der Waals surface area contributed by atoms with E-state index in [2.05, 4.69) is 29.9 Å². The molecule has 0 radical (unpaired) electrons. The lowest BCUT2D eigenvalue weighted by Crippen LogP contribution is -2.29. The van der Waals surface area contributed by atoms with E-state index < -0.39 is 0 Å². The third kappa shape index (κ3) is 3.08. The van der Waals surface area contributed by atoms with Crippen molar-refractivity contribution < 1.29 is 4.79 Å². The molecular formula is C18H21N3OS2. The molecule has 1 amide bonds. The molecule has 3 aromatic rings. The number of amides is 1. The summed E-state index contributed by atoms with van der Waals surface area (Å²) < 4.78 is 1.15. The van der Waals surface area contributed by atoms with Gasteiger partial charge in [0.25, 0.3) is 5.91 Å². The van der Waals surface area contributed by atoms with Gasteiger partial charge in [0.05, 0.1) is 27.0 Å². The Morgan fingerprint density at radius 1 is 1.08 bits per heavy atom. The van der Waals surface area contributed by atoms with Crippen LogP contribution in [0.1, 0.15) is 58.1 Å². The average molecular weight is 360 g/mol. The molecule has 126 valence electrons. The summed E-state index contributed by atoms with van der Waals surface area (Å²) in [6.45, 7) is 8.13. The van der Waals surface area contributed by atoms with Crippen LogP contribution in [0.4, 0.5) is 0 Å². The molecule has 0 spiro atoms.